The van der Waals surface area contributed by atoms with Gasteiger partial charge in [0.25, 0.3) is 0 Å². The first-order chi connectivity index (χ1) is 10.7. The van der Waals surface area contributed by atoms with E-state index in [0.29, 0.717) is 0 Å². The van der Waals surface area contributed by atoms with Gasteiger partial charge < -0.3 is 0 Å². The fourth-order valence-corrected chi connectivity index (χ4v) is 3.23. The van der Waals surface area contributed by atoms with E-state index in [-0.39, 0.29) is 30.3 Å². The van der Waals surface area contributed by atoms with Gasteiger partial charge in [-0.1, -0.05) is 51.4 Å². The first-order valence-corrected chi connectivity index (χ1v) is 16.5. The molecule has 0 amide bonds. The predicted molar refractivity (Wildman–Crippen MR) is 109 cm³/mol. The second kappa shape index (κ2) is 13.6. The summed E-state index contributed by atoms with van der Waals surface area (Å²) in [6, 6.07) is 13.4. The van der Waals surface area contributed by atoms with E-state index >= 15 is 0 Å². The third-order valence-corrected chi connectivity index (χ3v) is 4.30. The summed E-state index contributed by atoms with van der Waals surface area (Å²) in [6.07, 6.45) is 10.9. The smallest absolute Gasteiger partial charge is 0.0512 e. The molecule has 2 aromatic carbocycles. The van der Waals surface area contributed by atoms with Crippen molar-refractivity contribution >= 4 is 30.3 Å². The molecule has 2 aromatic rings. The Labute approximate surface area is 175 Å². The monoisotopic (exact) mass is 548 g/mol. The van der Waals surface area contributed by atoms with Crippen LogP contribution in [0.4, 0.5) is 0 Å². The summed E-state index contributed by atoms with van der Waals surface area (Å²) in [6.45, 7) is 4.66. The maximum Gasteiger partial charge on any atom is -0.0512 e. The molecule has 0 N–H and O–H groups in total. The van der Waals surface area contributed by atoms with Crippen molar-refractivity contribution in [2.45, 2.75) is 64.5 Å². The third kappa shape index (κ3) is 8.65. The maximum atomic E-state index is 2.33. The second-order valence-corrected chi connectivity index (χ2v) is 19.3. The predicted octanol–water partition coefficient (Wildman–Crippen LogP) is 6.20. The molecule has 2 aliphatic carbocycles. The van der Waals surface area contributed by atoms with Crippen LogP contribution in [-0.4, -0.2) is 5.49 Å². The third-order valence-electron chi connectivity index (χ3n) is 4.30. The number of fused-ring (bicyclic) bond motifs is 2. The average Bonchev–Trinajstić information content (AvgIpc) is 3.16. The molecule has 0 heterocycles. The molecule has 0 radical (unpaired) electrons. The number of hydrogen-bond donors (Lipinski definition) is 0. The van der Waals surface area contributed by atoms with Crippen molar-refractivity contribution in [3.05, 3.63) is 58.7 Å². The van der Waals surface area contributed by atoms with Gasteiger partial charge in [0.1, 0.15) is 0 Å². The average molecular weight is 548 g/mol. The van der Waals surface area contributed by atoms with Gasteiger partial charge in [-0.25, -0.2) is 12.1 Å². The van der Waals surface area contributed by atoms with E-state index in [2.05, 4.69) is 49.5 Å². The molecular weight excluding hydrogens is 518 g/mol. The Morgan fingerprint density at radius 1 is 0.750 bits per heavy atom. The first kappa shape index (κ1) is 24.4. The van der Waals surface area contributed by atoms with Crippen molar-refractivity contribution in [2.24, 2.45) is 0 Å². The largest absolute Gasteiger partial charge is 0.210 e. The Morgan fingerprint density at radius 2 is 1.08 bits per heavy atom. The van der Waals surface area contributed by atoms with Gasteiger partial charge in [-0.05, 0) is 0 Å². The number of aryl methyl sites for hydroxylation is 4. The van der Waals surface area contributed by atoms with Crippen LogP contribution in [0.2, 0.25) is 13.1 Å². The van der Waals surface area contributed by atoms with Gasteiger partial charge >= 0.3 is 41.6 Å². The minimum atomic E-state index is 0. The van der Waals surface area contributed by atoms with E-state index in [0.717, 1.165) is 0 Å². The molecule has 24 heavy (non-hydrogen) atoms. The Hall–Kier alpha value is 0.367. The second-order valence-electron chi connectivity index (χ2n) is 6.57. The Morgan fingerprint density at radius 3 is 1.42 bits per heavy atom. The SMILES string of the molecule is C[Si](C)=[Hf+2].Cl.Cl.c1cc2c([cH-]1)CCCC2.c1cc2c([cH-]1)CCCC2. The van der Waals surface area contributed by atoms with Crippen LogP contribution in [-0.2, 0) is 48.7 Å². The molecular formula is C20H30Cl2HfSi. The van der Waals surface area contributed by atoms with Crippen LogP contribution in [0.1, 0.15) is 47.9 Å². The van der Waals surface area contributed by atoms with Crippen molar-refractivity contribution in [2.75, 3.05) is 0 Å². The van der Waals surface area contributed by atoms with Crippen LogP contribution < -0.4 is 0 Å². The minimum absolute atomic E-state index is 0. The van der Waals surface area contributed by atoms with Gasteiger partial charge in [0.15, 0.2) is 0 Å². The van der Waals surface area contributed by atoms with Gasteiger partial charge in [-0.3, -0.25) is 0 Å². The van der Waals surface area contributed by atoms with Crippen molar-refractivity contribution < 1.29 is 23.0 Å². The van der Waals surface area contributed by atoms with E-state index in [4.69, 9.17) is 0 Å². The Kier molecular flexibility index (Phi) is 13.8. The minimum Gasteiger partial charge on any atom is -0.210 e. The summed E-state index contributed by atoms with van der Waals surface area (Å²) in [5.41, 5.74) is 6.65. The van der Waals surface area contributed by atoms with Crippen LogP contribution in [0, 0.1) is 0 Å². The molecule has 0 spiro atoms. The molecule has 4 rings (SSSR count). The molecule has 0 saturated carbocycles. The van der Waals surface area contributed by atoms with Crippen LogP contribution in [0.25, 0.3) is 0 Å². The van der Waals surface area contributed by atoms with Crippen LogP contribution in [0.3, 0.4) is 0 Å². The van der Waals surface area contributed by atoms with Crippen molar-refractivity contribution in [1.82, 2.24) is 0 Å². The zero-order chi connectivity index (χ0) is 15.8. The quantitative estimate of drug-likeness (QED) is 0.272. The normalized spacial score (nSPS) is 14.2. The zero-order valence-corrected chi connectivity index (χ0v) is 21.2. The Balaban J connectivity index is 0.000000341. The van der Waals surface area contributed by atoms with Gasteiger partial charge in [0, 0.05) is 0 Å². The van der Waals surface area contributed by atoms with E-state index < -0.39 is 0 Å². The topological polar surface area (TPSA) is 0 Å². The van der Waals surface area contributed by atoms with Crippen LogP contribution in [0.5, 0.6) is 0 Å². The van der Waals surface area contributed by atoms with E-state index in [1.165, 1.54) is 74.4 Å². The fourth-order valence-electron chi connectivity index (χ4n) is 3.23. The molecule has 4 heteroatoms. The van der Waals surface area contributed by atoms with Crippen molar-refractivity contribution in [3.8, 4) is 0 Å². The Bertz CT molecular complexity index is 495. The van der Waals surface area contributed by atoms with E-state index in [1.54, 1.807) is 22.3 Å². The van der Waals surface area contributed by atoms with E-state index in [1.807, 2.05) is 0 Å². The molecule has 132 valence electrons. The summed E-state index contributed by atoms with van der Waals surface area (Å²) in [4.78, 5) is 0. The number of rotatable bonds is 0. The molecule has 0 saturated heterocycles. The molecule has 0 aromatic heterocycles. The first-order valence-electron chi connectivity index (χ1n) is 8.65. The van der Waals surface area contributed by atoms with E-state index in [9.17, 15) is 0 Å². The fraction of sp³-hybridized carbons (Fsp3) is 0.500. The van der Waals surface area contributed by atoms with Gasteiger partial charge in [0.2, 0.25) is 0 Å². The molecule has 0 nitrogen and oxygen atoms in total. The standard InChI is InChI=1S/2C9H11.C2H6Si.2ClH.Hf/c2*1-2-5-9-7-3-6-8(9)4-1;1-3-2;;;/h2*3,6-7H,1-2,4-5H2;1-2H3;2*1H;/q2*-1;;;;+2. The van der Waals surface area contributed by atoms with Crippen LogP contribution >= 0.6 is 24.8 Å². The summed E-state index contributed by atoms with van der Waals surface area (Å²) in [7, 11) is 0. The van der Waals surface area contributed by atoms with Gasteiger partial charge in [-0.2, -0.15) is 46.5 Å². The molecule has 0 unspecified atom stereocenters. The molecule has 0 aliphatic heterocycles. The number of hydrogen-bond acceptors (Lipinski definition) is 0. The molecule has 2 aliphatic rings. The van der Waals surface area contributed by atoms with Gasteiger partial charge in [0.05, 0.1) is 0 Å². The zero-order valence-electron chi connectivity index (χ0n) is 14.9. The van der Waals surface area contributed by atoms with Crippen molar-refractivity contribution in [3.63, 3.8) is 0 Å². The summed E-state index contributed by atoms with van der Waals surface area (Å²) >= 11 is 1.45. The summed E-state index contributed by atoms with van der Waals surface area (Å²) in [5, 5.41) is 0. The molecule has 0 fully saturated rings. The summed E-state index contributed by atoms with van der Waals surface area (Å²) in [5.74, 6) is 0. The van der Waals surface area contributed by atoms with Gasteiger partial charge in [-0.15, -0.1) is 24.8 Å². The summed E-state index contributed by atoms with van der Waals surface area (Å²) < 4.78 is 0. The molecule has 0 bridgehead atoms. The molecule has 0 atom stereocenters. The van der Waals surface area contributed by atoms with Crippen molar-refractivity contribution in [1.29, 1.82) is 0 Å². The van der Waals surface area contributed by atoms with Crippen LogP contribution in [0.15, 0.2) is 36.4 Å². The number of halogens is 2. The maximum absolute atomic E-state index is 2.33.